The van der Waals surface area contributed by atoms with E-state index in [4.69, 9.17) is 0 Å². The van der Waals surface area contributed by atoms with E-state index in [9.17, 15) is 26.1 Å². The molecule has 0 fully saturated rings. The van der Waals surface area contributed by atoms with Gasteiger partial charge in [0.1, 0.15) is 0 Å². The van der Waals surface area contributed by atoms with Crippen molar-refractivity contribution in [2.45, 2.75) is 12.8 Å². The summed E-state index contributed by atoms with van der Waals surface area (Å²) in [7, 11) is -5.37. The van der Waals surface area contributed by atoms with Gasteiger partial charge in [-0.15, -0.1) is 0 Å². The van der Waals surface area contributed by atoms with Gasteiger partial charge in [-0.05, 0) is 0 Å². The Bertz CT molecular complexity index is 192. The molecule has 0 bridgehead atoms. The van der Waals surface area contributed by atoms with E-state index in [1.807, 2.05) is 0 Å². The van der Waals surface area contributed by atoms with Crippen molar-refractivity contribution >= 4 is 10.4 Å². The van der Waals surface area contributed by atoms with E-state index in [1.165, 1.54) is 0 Å². The van der Waals surface area contributed by atoms with E-state index in [0.717, 1.165) is 0 Å². The molecule has 0 radical (unpaired) electrons. The number of hydrogen-bond donors (Lipinski definition) is 0. The van der Waals surface area contributed by atoms with Gasteiger partial charge in [0.2, 0.25) is 10.4 Å². The zero-order valence-electron chi connectivity index (χ0n) is 5.33. The number of rotatable bonds is 3. The van der Waals surface area contributed by atoms with Crippen LogP contribution in [0.1, 0.15) is 0 Å². The van der Waals surface area contributed by atoms with Gasteiger partial charge in [0, 0.05) is 0 Å². The molecule has 1 unspecified atom stereocenters. The Balaban J connectivity index is 0. The van der Waals surface area contributed by atoms with Crippen molar-refractivity contribution < 1.29 is 49.2 Å². The Morgan fingerprint density at radius 1 is 1.27 bits per heavy atom. The molecule has 0 aromatic rings. The van der Waals surface area contributed by atoms with E-state index in [1.54, 1.807) is 0 Å². The minimum atomic E-state index is -5.37. The molecule has 0 N–H and O–H groups in total. The maximum absolute atomic E-state index is 11.5. The van der Waals surface area contributed by atoms with Gasteiger partial charge in [-0.2, -0.15) is 0 Å². The molecule has 0 aliphatic rings. The minimum Gasteiger partial charge on any atom is -0.725 e. The largest absolute Gasteiger partial charge is 1.00 e. The monoisotopic (exact) mass is 186 g/mol. The van der Waals surface area contributed by atoms with Crippen LogP contribution < -0.4 is 18.9 Å². The van der Waals surface area contributed by atoms with E-state index in [-0.39, 0.29) is 18.9 Å². The smallest absolute Gasteiger partial charge is 0.725 e. The van der Waals surface area contributed by atoms with Crippen LogP contribution in [-0.4, -0.2) is 25.8 Å². The summed E-state index contributed by atoms with van der Waals surface area (Å²) in [6.07, 6.45) is -7.01. The summed E-state index contributed by atoms with van der Waals surface area (Å²) in [6.45, 7) is 0. The van der Waals surface area contributed by atoms with Crippen molar-refractivity contribution in [3.8, 4) is 0 Å². The van der Waals surface area contributed by atoms with Gasteiger partial charge in [-0.3, -0.25) is 0 Å². The van der Waals surface area contributed by atoms with Crippen molar-refractivity contribution in [3.05, 3.63) is 0 Å². The molecule has 0 heterocycles. The second-order valence-electron chi connectivity index (χ2n) is 1.19. The molecule has 0 spiro atoms. The van der Waals surface area contributed by atoms with Crippen LogP contribution in [0.25, 0.3) is 0 Å². The molecular formula is C2H2F3LiO4S. The van der Waals surface area contributed by atoms with Crippen molar-refractivity contribution in [1.82, 2.24) is 0 Å². The summed E-state index contributed by atoms with van der Waals surface area (Å²) in [5, 5.41) is 0. The van der Waals surface area contributed by atoms with Crippen LogP contribution in [0.5, 0.6) is 0 Å². The SMILES string of the molecule is O=S(=O)([O-])OC(F)C(F)F.[Li+]. The molecule has 1 atom stereocenters. The summed E-state index contributed by atoms with van der Waals surface area (Å²) in [4.78, 5) is 0. The number of alkyl halides is 3. The maximum Gasteiger partial charge on any atom is 1.00 e. The average molecular weight is 186 g/mol. The van der Waals surface area contributed by atoms with Crippen LogP contribution in [0.2, 0.25) is 0 Å². The van der Waals surface area contributed by atoms with Crippen LogP contribution >= 0.6 is 0 Å². The fourth-order valence-corrected chi connectivity index (χ4v) is 0.464. The Morgan fingerprint density at radius 2 is 1.64 bits per heavy atom. The van der Waals surface area contributed by atoms with Crippen molar-refractivity contribution in [3.63, 3.8) is 0 Å². The molecule has 11 heavy (non-hydrogen) atoms. The Hall–Kier alpha value is 0.257. The van der Waals surface area contributed by atoms with E-state index < -0.39 is 23.2 Å². The summed E-state index contributed by atoms with van der Waals surface area (Å²) >= 11 is 0. The first-order valence-corrected chi connectivity index (χ1v) is 3.22. The van der Waals surface area contributed by atoms with Crippen LogP contribution in [0.15, 0.2) is 0 Å². The molecule has 0 saturated heterocycles. The van der Waals surface area contributed by atoms with Gasteiger partial charge in [-0.25, -0.2) is 25.8 Å². The minimum absolute atomic E-state index is 0. The molecule has 62 valence electrons. The fraction of sp³-hybridized carbons (Fsp3) is 1.00. The normalized spacial score (nSPS) is 14.3. The molecule has 4 nitrogen and oxygen atoms in total. The van der Waals surface area contributed by atoms with Gasteiger partial charge >= 0.3 is 18.9 Å². The second kappa shape index (κ2) is 5.00. The van der Waals surface area contributed by atoms with Gasteiger partial charge in [0.15, 0.2) is 0 Å². The molecule has 0 saturated carbocycles. The molecule has 0 amide bonds. The van der Waals surface area contributed by atoms with Crippen LogP contribution in [0.4, 0.5) is 13.2 Å². The first-order valence-electron chi connectivity index (χ1n) is 1.89. The van der Waals surface area contributed by atoms with Gasteiger partial charge in [-0.1, -0.05) is 0 Å². The van der Waals surface area contributed by atoms with E-state index in [0.29, 0.717) is 0 Å². The third kappa shape index (κ3) is 8.16. The van der Waals surface area contributed by atoms with Crippen LogP contribution in [0.3, 0.4) is 0 Å². The summed E-state index contributed by atoms with van der Waals surface area (Å²) < 4.78 is 64.5. The van der Waals surface area contributed by atoms with Gasteiger partial charge < -0.3 is 4.55 Å². The summed E-state index contributed by atoms with van der Waals surface area (Å²) in [5.74, 6) is 0. The molecule has 0 aromatic heterocycles. The van der Waals surface area contributed by atoms with E-state index >= 15 is 0 Å². The van der Waals surface area contributed by atoms with Crippen LogP contribution in [-0.2, 0) is 14.6 Å². The molecule has 0 rings (SSSR count). The Labute approximate surface area is 72.8 Å². The summed E-state index contributed by atoms with van der Waals surface area (Å²) in [6, 6.07) is 0. The Morgan fingerprint density at radius 3 is 1.73 bits per heavy atom. The maximum atomic E-state index is 11.5. The van der Waals surface area contributed by atoms with Crippen molar-refractivity contribution in [2.75, 3.05) is 0 Å². The second-order valence-corrected chi connectivity index (χ2v) is 2.20. The number of halogens is 3. The third-order valence-electron chi connectivity index (χ3n) is 0.408. The van der Waals surface area contributed by atoms with Crippen LogP contribution in [0, 0.1) is 0 Å². The first-order chi connectivity index (χ1) is 4.33. The van der Waals surface area contributed by atoms with Gasteiger partial charge in [0.25, 0.3) is 12.8 Å². The van der Waals surface area contributed by atoms with E-state index in [2.05, 4.69) is 4.18 Å². The summed E-state index contributed by atoms with van der Waals surface area (Å²) in [5.41, 5.74) is 0. The molecule has 0 aliphatic heterocycles. The average Bonchev–Trinajstić information content (AvgIpc) is 1.60. The van der Waals surface area contributed by atoms with Gasteiger partial charge in [0.05, 0.1) is 0 Å². The van der Waals surface area contributed by atoms with Crippen molar-refractivity contribution in [1.29, 1.82) is 0 Å². The third-order valence-corrected chi connectivity index (χ3v) is 0.827. The molecule has 0 aliphatic carbocycles. The fourth-order valence-electron chi connectivity index (χ4n) is 0.155. The first kappa shape index (κ1) is 13.8. The number of hydrogen-bond acceptors (Lipinski definition) is 4. The molecule has 0 aromatic carbocycles. The predicted molar refractivity (Wildman–Crippen MR) is 21.7 cm³/mol. The molecule has 9 heteroatoms. The topological polar surface area (TPSA) is 66.4 Å². The quantitative estimate of drug-likeness (QED) is 0.268. The zero-order valence-corrected chi connectivity index (χ0v) is 6.15. The predicted octanol–water partition coefficient (Wildman–Crippen LogP) is -2.97. The Kier molecular flexibility index (Phi) is 6.28. The molecular weight excluding hydrogens is 184 g/mol. The van der Waals surface area contributed by atoms with Crippen molar-refractivity contribution in [2.24, 2.45) is 0 Å². The zero-order chi connectivity index (χ0) is 8.36. The standard InChI is InChI=1S/C2H3F3O4S.Li/c3-1(4)2(5)9-10(6,7)8;/h1-2H,(H,6,7,8);/q;+1/p-1.